The molecular weight excluding hydrogens is 380 g/mol. The highest BCUT2D eigenvalue weighted by atomic mass is 35.5. The molecule has 2 aromatic rings. The molecule has 4 rings (SSSR count). The van der Waals surface area contributed by atoms with Crippen molar-refractivity contribution in [3.05, 3.63) is 53.8 Å². The molecule has 3 heterocycles. The summed E-state index contributed by atoms with van der Waals surface area (Å²) in [5.74, 6) is 1.22. The molecule has 1 aromatic carbocycles. The second-order valence-electron chi connectivity index (χ2n) is 7.26. The first-order chi connectivity index (χ1) is 13.6. The van der Waals surface area contributed by atoms with Gasteiger partial charge < -0.3 is 19.1 Å². The van der Waals surface area contributed by atoms with E-state index in [0.717, 1.165) is 25.8 Å². The lowest BCUT2D eigenvalue weighted by molar-refractivity contribution is -0.141. The van der Waals surface area contributed by atoms with Gasteiger partial charge in [-0.15, -0.1) is 0 Å². The van der Waals surface area contributed by atoms with Gasteiger partial charge in [0.1, 0.15) is 17.6 Å². The summed E-state index contributed by atoms with van der Waals surface area (Å²) in [6.07, 6.45) is 5.76. The van der Waals surface area contributed by atoms with Crippen LogP contribution in [0.3, 0.4) is 0 Å². The summed E-state index contributed by atoms with van der Waals surface area (Å²) in [5.41, 5.74) is -0.353. The fourth-order valence-corrected chi connectivity index (χ4v) is 4.04. The van der Waals surface area contributed by atoms with Gasteiger partial charge in [-0.25, -0.2) is 0 Å². The number of carbonyl (C=O) groups excluding carboxylic acids is 1. The van der Waals surface area contributed by atoms with Crippen LogP contribution in [0, 0.1) is 0 Å². The Morgan fingerprint density at radius 1 is 1.32 bits per heavy atom. The fourth-order valence-electron chi connectivity index (χ4n) is 3.86. The monoisotopic (exact) mass is 402 g/mol. The van der Waals surface area contributed by atoms with Gasteiger partial charge in [-0.3, -0.25) is 9.78 Å². The predicted octanol–water partition coefficient (Wildman–Crippen LogP) is 3.34. The molecule has 2 atom stereocenters. The number of ether oxygens (including phenoxy) is 3. The molecule has 1 spiro atoms. The third-order valence-electron chi connectivity index (χ3n) is 5.19. The predicted molar refractivity (Wildman–Crippen MR) is 105 cm³/mol. The molecule has 6 nitrogen and oxygen atoms in total. The maximum absolute atomic E-state index is 12.6. The quantitative estimate of drug-likeness (QED) is 0.767. The number of aromatic nitrogens is 1. The van der Waals surface area contributed by atoms with Gasteiger partial charge in [0, 0.05) is 25.7 Å². The van der Waals surface area contributed by atoms with E-state index in [1.54, 1.807) is 24.5 Å². The topological polar surface area (TPSA) is 60.9 Å². The second-order valence-corrected chi connectivity index (χ2v) is 7.67. The molecule has 1 aromatic heterocycles. The Kier molecular flexibility index (Phi) is 5.69. The largest absolute Gasteiger partial charge is 0.486 e. The van der Waals surface area contributed by atoms with Crippen LogP contribution in [-0.2, 0) is 9.53 Å². The number of nitrogens with zero attached hydrogens (tertiary/aromatic N) is 2. The lowest BCUT2D eigenvalue weighted by atomic mass is 9.89. The van der Waals surface area contributed by atoms with Gasteiger partial charge in [0.15, 0.2) is 6.61 Å². The van der Waals surface area contributed by atoms with Crippen LogP contribution >= 0.6 is 11.6 Å². The van der Waals surface area contributed by atoms with Gasteiger partial charge in [0.05, 0.1) is 23.4 Å². The smallest absolute Gasteiger partial charge is 0.260 e. The van der Waals surface area contributed by atoms with Gasteiger partial charge in [-0.1, -0.05) is 23.7 Å². The molecule has 0 aliphatic carbocycles. The molecule has 7 heteroatoms. The molecule has 2 aliphatic heterocycles. The number of amides is 1. The molecule has 0 unspecified atom stereocenters. The summed E-state index contributed by atoms with van der Waals surface area (Å²) in [4.78, 5) is 18.4. The normalized spacial score (nSPS) is 24.3. The minimum absolute atomic E-state index is 0.00131. The van der Waals surface area contributed by atoms with E-state index in [9.17, 15) is 4.79 Å². The van der Waals surface area contributed by atoms with E-state index < -0.39 is 0 Å². The van der Waals surface area contributed by atoms with Crippen LogP contribution in [-0.4, -0.2) is 53.8 Å². The molecule has 0 saturated carbocycles. The zero-order valence-electron chi connectivity index (χ0n) is 15.6. The molecule has 0 N–H and O–H groups in total. The summed E-state index contributed by atoms with van der Waals surface area (Å²) in [6, 6.07) is 11.0. The zero-order chi connectivity index (χ0) is 19.4. The Morgan fingerprint density at radius 3 is 3.04 bits per heavy atom. The van der Waals surface area contributed by atoms with Crippen molar-refractivity contribution in [2.75, 3.05) is 26.3 Å². The Bertz CT molecular complexity index is 819. The molecule has 28 heavy (non-hydrogen) atoms. The number of hydrogen-bond acceptors (Lipinski definition) is 5. The van der Waals surface area contributed by atoms with Gasteiger partial charge in [-0.2, -0.15) is 0 Å². The lowest BCUT2D eigenvalue weighted by Gasteiger charge is -2.39. The van der Waals surface area contributed by atoms with E-state index in [-0.39, 0.29) is 24.2 Å². The Labute approximate surface area is 169 Å². The second kappa shape index (κ2) is 8.37. The molecule has 0 radical (unpaired) electrons. The van der Waals surface area contributed by atoms with Gasteiger partial charge in [0.25, 0.3) is 5.91 Å². The average Bonchev–Trinajstić information content (AvgIpc) is 3.10. The van der Waals surface area contributed by atoms with Gasteiger partial charge in [-0.05, 0) is 37.1 Å². The van der Waals surface area contributed by atoms with Crippen LogP contribution in [0.1, 0.15) is 19.3 Å². The van der Waals surface area contributed by atoms with Crippen LogP contribution in [0.15, 0.2) is 48.8 Å². The Hall–Kier alpha value is -2.31. The number of benzene rings is 1. The highest BCUT2D eigenvalue weighted by Crippen LogP contribution is 2.37. The summed E-state index contributed by atoms with van der Waals surface area (Å²) in [7, 11) is 0. The molecule has 0 bridgehead atoms. The molecule has 1 amide bonds. The van der Waals surface area contributed by atoms with Crippen LogP contribution in [0.2, 0.25) is 5.02 Å². The van der Waals surface area contributed by atoms with Crippen LogP contribution < -0.4 is 9.47 Å². The van der Waals surface area contributed by atoms with Crippen molar-refractivity contribution in [3.63, 3.8) is 0 Å². The maximum atomic E-state index is 12.6. The highest BCUT2D eigenvalue weighted by Gasteiger charge is 2.45. The van der Waals surface area contributed by atoms with Crippen LogP contribution in [0.5, 0.6) is 11.5 Å². The van der Waals surface area contributed by atoms with Crippen molar-refractivity contribution in [3.8, 4) is 11.5 Å². The van der Waals surface area contributed by atoms with Crippen molar-refractivity contribution in [2.24, 2.45) is 0 Å². The summed E-state index contributed by atoms with van der Waals surface area (Å²) in [6.45, 7) is 1.78. The summed E-state index contributed by atoms with van der Waals surface area (Å²) < 4.78 is 17.7. The van der Waals surface area contributed by atoms with Gasteiger partial charge in [0.2, 0.25) is 0 Å². The van der Waals surface area contributed by atoms with E-state index in [1.165, 1.54) is 0 Å². The third kappa shape index (κ3) is 4.39. The summed E-state index contributed by atoms with van der Waals surface area (Å²) in [5, 5.41) is 0.594. The zero-order valence-corrected chi connectivity index (χ0v) is 16.3. The number of piperidine rings is 1. The Morgan fingerprint density at radius 2 is 2.21 bits per heavy atom. The first-order valence-electron chi connectivity index (χ1n) is 9.49. The van der Waals surface area contributed by atoms with Crippen molar-refractivity contribution in [2.45, 2.75) is 31.0 Å². The first-order valence-corrected chi connectivity index (χ1v) is 9.87. The number of rotatable bonds is 5. The standard InChI is InChI=1S/C21H23ClN2O4/c22-18-6-1-2-7-19(18)28-17-11-21(27-13-17)8-4-10-24(15-21)20(25)14-26-16-5-3-9-23-12-16/h1-3,5-7,9,12,17H,4,8,10-11,13-15H2/t17-,21-/m1/s1. The fraction of sp³-hybridized carbons (Fsp3) is 0.429. The van der Waals surface area contributed by atoms with E-state index >= 15 is 0 Å². The molecule has 148 valence electrons. The van der Waals surface area contributed by atoms with Crippen molar-refractivity contribution < 1.29 is 19.0 Å². The SMILES string of the molecule is O=C(COc1cccnc1)N1CCC[C@@]2(C[C@@H](Oc3ccccc3Cl)CO2)C1. The summed E-state index contributed by atoms with van der Waals surface area (Å²) >= 11 is 6.19. The van der Waals surface area contributed by atoms with E-state index in [2.05, 4.69) is 4.98 Å². The molecule has 2 aliphatic rings. The minimum atomic E-state index is -0.353. The maximum Gasteiger partial charge on any atom is 0.260 e. The van der Waals surface area contributed by atoms with Crippen LogP contribution in [0.4, 0.5) is 0 Å². The van der Waals surface area contributed by atoms with E-state index in [1.807, 2.05) is 29.2 Å². The Balaban J connectivity index is 1.33. The van der Waals surface area contributed by atoms with Crippen molar-refractivity contribution in [1.29, 1.82) is 0 Å². The number of halogens is 1. The molecule has 2 saturated heterocycles. The number of likely N-dealkylation sites (tertiary alicyclic amines) is 1. The van der Waals surface area contributed by atoms with Crippen molar-refractivity contribution in [1.82, 2.24) is 9.88 Å². The number of para-hydroxylation sites is 1. The van der Waals surface area contributed by atoms with E-state index in [0.29, 0.717) is 29.7 Å². The lowest BCUT2D eigenvalue weighted by Crippen LogP contribution is -2.51. The van der Waals surface area contributed by atoms with Crippen LogP contribution in [0.25, 0.3) is 0 Å². The highest BCUT2D eigenvalue weighted by molar-refractivity contribution is 6.32. The first kappa shape index (κ1) is 19.0. The molecule has 2 fully saturated rings. The average molecular weight is 403 g/mol. The number of carbonyl (C=O) groups is 1. The minimum Gasteiger partial charge on any atom is -0.486 e. The molecular formula is C21H23ClN2O4. The van der Waals surface area contributed by atoms with Crippen molar-refractivity contribution >= 4 is 17.5 Å². The third-order valence-corrected chi connectivity index (χ3v) is 5.51. The number of pyridine rings is 1. The number of hydrogen-bond donors (Lipinski definition) is 0. The van der Waals surface area contributed by atoms with Gasteiger partial charge >= 0.3 is 0 Å². The van der Waals surface area contributed by atoms with E-state index in [4.69, 9.17) is 25.8 Å².